The fourth-order valence-electron chi connectivity index (χ4n) is 0. The van der Waals surface area contributed by atoms with E-state index in [9.17, 15) is 17.3 Å². The minimum absolute atomic E-state index is 0. The van der Waals surface area contributed by atoms with Gasteiger partial charge in [-0.2, -0.15) is 0 Å². The maximum absolute atomic E-state index is 9.75. The molecule has 6 heteroatoms. The average molecular weight is 199 g/mol. The molecule has 34 valence electrons. The van der Waals surface area contributed by atoms with E-state index in [4.69, 9.17) is 0 Å². The maximum Gasteiger partial charge on any atom is 0.673 e. The van der Waals surface area contributed by atoms with Crippen molar-refractivity contribution in [3.8, 4) is 0 Å². The van der Waals surface area contributed by atoms with Gasteiger partial charge in [-0.3, -0.25) is 0 Å². The van der Waals surface area contributed by atoms with Crippen molar-refractivity contribution in [3.63, 3.8) is 0 Å². The molecule has 0 saturated heterocycles. The van der Waals surface area contributed by atoms with E-state index in [0.29, 0.717) is 0 Å². The molecule has 0 rings (SSSR count). The zero-order chi connectivity index (χ0) is 4.50. The van der Waals surface area contributed by atoms with Gasteiger partial charge in [-0.15, -0.1) is 0 Å². The number of rotatable bonds is 0. The summed E-state index contributed by atoms with van der Waals surface area (Å²) in [7, 11) is -6.00. The van der Waals surface area contributed by atoms with Crippen molar-refractivity contribution in [1.29, 1.82) is 0 Å². The second kappa shape index (κ2) is 2.81. The molecule has 0 bridgehead atoms. The molecule has 6 heavy (non-hydrogen) atoms. The summed E-state index contributed by atoms with van der Waals surface area (Å²) < 4.78 is 39.0. The molecule has 0 aromatic carbocycles. The van der Waals surface area contributed by atoms with Gasteiger partial charge < -0.3 is 17.3 Å². The molecular formula is BCdF4-. The first-order valence-electron chi connectivity index (χ1n) is 0.873. The van der Waals surface area contributed by atoms with Crippen LogP contribution in [0.1, 0.15) is 0 Å². The molecule has 0 saturated carbocycles. The van der Waals surface area contributed by atoms with E-state index < -0.39 is 7.25 Å². The smallest absolute Gasteiger partial charge is 0.418 e. The van der Waals surface area contributed by atoms with Crippen molar-refractivity contribution < 1.29 is 44.6 Å². The molecule has 0 radical (unpaired) electrons. The van der Waals surface area contributed by atoms with E-state index >= 15 is 0 Å². The van der Waals surface area contributed by atoms with Crippen molar-refractivity contribution in [2.24, 2.45) is 0 Å². The molecule has 0 fully saturated rings. The third kappa shape index (κ3) is 129. The Labute approximate surface area is 52.2 Å². The van der Waals surface area contributed by atoms with Gasteiger partial charge in [-0.1, -0.05) is 0 Å². The minimum Gasteiger partial charge on any atom is -0.418 e. The Balaban J connectivity index is 0. The van der Waals surface area contributed by atoms with E-state index in [2.05, 4.69) is 0 Å². The molecule has 0 atom stereocenters. The largest absolute Gasteiger partial charge is 0.673 e. The van der Waals surface area contributed by atoms with Crippen LogP contribution in [0, 0.1) is 0 Å². The monoisotopic (exact) mass is 201 g/mol. The molecule has 0 unspecified atom stereocenters. The van der Waals surface area contributed by atoms with E-state index in [0.717, 1.165) is 0 Å². The van der Waals surface area contributed by atoms with Crippen LogP contribution >= 0.6 is 0 Å². The summed E-state index contributed by atoms with van der Waals surface area (Å²) in [6, 6.07) is 0. The molecule has 0 aliphatic rings. The summed E-state index contributed by atoms with van der Waals surface area (Å²) in [4.78, 5) is 0. The van der Waals surface area contributed by atoms with Gasteiger partial charge in [0.25, 0.3) is 0 Å². The van der Waals surface area contributed by atoms with Gasteiger partial charge in [0.05, 0.1) is 0 Å². The van der Waals surface area contributed by atoms with Gasteiger partial charge in [0.1, 0.15) is 0 Å². The zero-order valence-corrected chi connectivity index (χ0v) is 6.83. The Morgan fingerprint density at radius 3 is 0.833 bits per heavy atom. The van der Waals surface area contributed by atoms with Crippen LogP contribution in [0.5, 0.6) is 0 Å². The summed E-state index contributed by atoms with van der Waals surface area (Å²) in [5.74, 6) is 0. The van der Waals surface area contributed by atoms with Crippen LogP contribution in [0.15, 0.2) is 0 Å². The Kier molecular flexibility index (Phi) is 4.62. The summed E-state index contributed by atoms with van der Waals surface area (Å²) in [5, 5.41) is 0. The quantitative estimate of drug-likeness (QED) is 0.407. The van der Waals surface area contributed by atoms with Gasteiger partial charge in [0.2, 0.25) is 0 Å². The van der Waals surface area contributed by atoms with Crippen LogP contribution in [-0.2, 0) is 27.3 Å². The predicted molar refractivity (Wildman–Crippen MR) is 10.2 cm³/mol. The van der Waals surface area contributed by atoms with Gasteiger partial charge in [0, 0.05) is 27.3 Å². The first kappa shape index (κ1) is 9.86. The van der Waals surface area contributed by atoms with E-state index in [1.54, 1.807) is 0 Å². The van der Waals surface area contributed by atoms with Gasteiger partial charge in [0.15, 0.2) is 0 Å². The van der Waals surface area contributed by atoms with E-state index in [1.807, 2.05) is 0 Å². The Morgan fingerprint density at radius 2 is 0.833 bits per heavy atom. The third-order valence-electron chi connectivity index (χ3n) is 0. The first-order valence-corrected chi connectivity index (χ1v) is 0.873. The normalized spacial score (nSPS) is 10.0. The predicted octanol–water partition coefficient (Wildman–Crippen LogP) is 1.30. The number of hydrogen-bond donors (Lipinski definition) is 0. The third-order valence-corrected chi connectivity index (χ3v) is 0. The van der Waals surface area contributed by atoms with Crippen molar-refractivity contribution in [2.75, 3.05) is 0 Å². The van der Waals surface area contributed by atoms with Crippen LogP contribution in [0.4, 0.5) is 17.3 Å². The summed E-state index contributed by atoms with van der Waals surface area (Å²) in [6.07, 6.45) is 0. The standard InChI is InChI=1S/BF4.Cd/c2-1(3,4)5;/q-1;. The molecule has 0 spiro atoms. The van der Waals surface area contributed by atoms with Crippen molar-refractivity contribution in [2.45, 2.75) is 0 Å². The first-order chi connectivity index (χ1) is 2.00. The molecule has 0 N–H and O–H groups in total. The number of halogens is 4. The van der Waals surface area contributed by atoms with Crippen LogP contribution in [0.25, 0.3) is 0 Å². The second-order valence-corrected chi connectivity index (χ2v) is 0.495. The van der Waals surface area contributed by atoms with Crippen molar-refractivity contribution >= 4 is 7.25 Å². The molecule has 0 aromatic rings. The zero-order valence-electron chi connectivity index (χ0n) is 2.80. The molecular weight excluding hydrogens is 199 g/mol. The van der Waals surface area contributed by atoms with Gasteiger partial charge in [-0.05, 0) is 0 Å². The topological polar surface area (TPSA) is 0 Å². The van der Waals surface area contributed by atoms with E-state index in [-0.39, 0.29) is 27.3 Å². The van der Waals surface area contributed by atoms with Crippen molar-refractivity contribution in [1.82, 2.24) is 0 Å². The van der Waals surface area contributed by atoms with Crippen LogP contribution < -0.4 is 0 Å². The molecule has 0 amide bonds. The SMILES string of the molecule is F[B-](F)(F)F.[Cd]. The van der Waals surface area contributed by atoms with Crippen LogP contribution in [-0.4, -0.2) is 7.25 Å². The van der Waals surface area contributed by atoms with Gasteiger partial charge in [-0.25, -0.2) is 0 Å². The Hall–Kier alpha value is 0.707. The fraction of sp³-hybridized carbons (Fsp3) is 0. The molecule has 0 aromatic heterocycles. The molecule has 0 heterocycles. The van der Waals surface area contributed by atoms with Crippen molar-refractivity contribution in [3.05, 3.63) is 0 Å². The molecule has 0 aliphatic heterocycles. The van der Waals surface area contributed by atoms with Gasteiger partial charge >= 0.3 is 7.25 Å². The summed E-state index contributed by atoms with van der Waals surface area (Å²) >= 11 is 0. The number of hydrogen-bond acceptors (Lipinski definition) is 0. The Bertz CT molecular complexity index is 23.0. The second-order valence-electron chi connectivity index (χ2n) is 0.495. The molecule has 0 aliphatic carbocycles. The minimum atomic E-state index is -6.00. The summed E-state index contributed by atoms with van der Waals surface area (Å²) in [6.45, 7) is 0. The fourth-order valence-corrected chi connectivity index (χ4v) is 0. The van der Waals surface area contributed by atoms with E-state index in [1.165, 1.54) is 0 Å². The summed E-state index contributed by atoms with van der Waals surface area (Å²) in [5.41, 5.74) is 0. The maximum atomic E-state index is 9.75. The van der Waals surface area contributed by atoms with Crippen LogP contribution in [0.2, 0.25) is 0 Å². The Morgan fingerprint density at radius 1 is 0.833 bits per heavy atom. The van der Waals surface area contributed by atoms with Crippen LogP contribution in [0.3, 0.4) is 0 Å². The molecule has 0 nitrogen and oxygen atoms in total. The average Bonchev–Trinajstić information content (AvgIpc) is 0.722.